The van der Waals surface area contributed by atoms with Gasteiger partial charge in [0.15, 0.2) is 9.84 Å². The molecule has 0 aromatic heterocycles. The summed E-state index contributed by atoms with van der Waals surface area (Å²) in [5.74, 6) is 0. The van der Waals surface area contributed by atoms with Crippen LogP contribution < -0.4 is 10.6 Å². The lowest BCUT2D eigenvalue weighted by molar-refractivity contribution is 0.602. The highest BCUT2D eigenvalue weighted by molar-refractivity contribution is 7.90. The summed E-state index contributed by atoms with van der Waals surface area (Å²) in [6.07, 6.45) is 1.21. The summed E-state index contributed by atoms with van der Waals surface area (Å²) in [6, 6.07) is 14.8. The first-order valence-corrected chi connectivity index (χ1v) is 8.56. The van der Waals surface area contributed by atoms with Crippen molar-refractivity contribution >= 4 is 21.2 Å². The van der Waals surface area contributed by atoms with Crippen LogP contribution in [0.1, 0.15) is 18.5 Å². The highest BCUT2D eigenvalue weighted by Gasteiger charge is 2.14. The van der Waals surface area contributed by atoms with Crippen LogP contribution in [0, 0.1) is 0 Å². The van der Waals surface area contributed by atoms with Gasteiger partial charge in [-0.1, -0.05) is 12.1 Å². The minimum atomic E-state index is -3.16. The zero-order valence-electron chi connectivity index (χ0n) is 12.4. The van der Waals surface area contributed by atoms with Gasteiger partial charge in [0.05, 0.1) is 10.9 Å². The Kier molecular flexibility index (Phi) is 4.23. The summed E-state index contributed by atoms with van der Waals surface area (Å²) in [7, 11) is -1.18. The van der Waals surface area contributed by atoms with E-state index in [4.69, 9.17) is 5.73 Å². The van der Waals surface area contributed by atoms with Crippen molar-refractivity contribution < 1.29 is 8.42 Å². The molecule has 0 radical (unpaired) electrons. The van der Waals surface area contributed by atoms with Gasteiger partial charge in [0.2, 0.25) is 0 Å². The van der Waals surface area contributed by atoms with Gasteiger partial charge >= 0.3 is 0 Å². The molecule has 0 bridgehead atoms. The lowest BCUT2D eigenvalue weighted by Gasteiger charge is -2.27. The Hall–Kier alpha value is -2.01. The lowest BCUT2D eigenvalue weighted by Crippen LogP contribution is -2.21. The molecule has 0 amide bonds. The average molecular weight is 304 g/mol. The van der Waals surface area contributed by atoms with Crippen molar-refractivity contribution in [2.24, 2.45) is 0 Å². The van der Waals surface area contributed by atoms with E-state index in [1.807, 2.05) is 43.4 Å². The molecule has 0 saturated heterocycles. The quantitative estimate of drug-likeness (QED) is 0.882. The Balaban J connectivity index is 2.25. The molecule has 0 heterocycles. The van der Waals surface area contributed by atoms with Crippen LogP contribution >= 0.6 is 0 Å². The molecular formula is C16H20N2O2S. The summed E-state index contributed by atoms with van der Waals surface area (Å²) >= 11 is 0. The SMILES string of the molecule is CC(c1cccc(N)c1)N(C)c1ccc(S(C)(=O)=O)cc1. The van der Waals surface area contributed by atoms with Crippen molar-refractivity contribution in [2.75, 3.05) is 23.9 Å². The molecule has 4 nitrogen and oxygen atoms in total. The van der Waals surface area contributed by atoms with E-state index in [0.717, 1.165) is 16.9 Å². The summed E-state index contributed by atoms with van der Waals surface area (Å²) in [5.41, 5.74) is 8.63. The molecule has 0 spiro atoms. The van der Waals surface area contributed by atoms with Crippen LogP contribution in [0.4, 0.5) is 11.4 Å². The van der Waals surface area contributed by atoms with Gasteiger partial charge < -0.3 is 10.6 Å². The summed E-state index contributed by atoms with van der Waals surface area (Å²) in [4.78, 5) is 2.41. The first-order chi connectivity index (χ1) is 9.79. The van der Waals surface area contributed by atoms with Crippen molar-refractivity contribution in [2.45, 2.75) is 17.9 Å². The minimum absolute atomic E-state index is 0.137. The fraction of sp³-hybridized carbons (Fsp3) is 0.250. The maximum atomic E-state index is 11.5. The van der Waals surface area contributed by atoms with E-state index in [0.29, 0.717) is 4.90 Å². The van der Waals surface area contributed by atoms with E-state index in [1.54, 1.807) is 12.1 Å². The lowest BCUT2D eigenvalue weighted by atomic mass is 10.1. The third-order valence-electron chi connectivity index (χ3n) is 3.65. The highest BCUT2D eigenvalue weighted by atomic mass is 32.2. The minimum Gasteiger partial charge on any atom is -0.399 e. The first kappa shape index (κ1) is 15.4. The van der Waals surface area contributed by atoms with Crippen LogP contribution in [0.25, 0.3) is 0 Å². The van der Waals surface area contributed by atoms with E-state index >= 15 is 0 Å². The third-order valence-corrected chi connectivity index (χ3v) is 4.77. The first-order valence-electron chi connectivity index (χ1n) is 6.67. The van der Waals surface area contributed by atoms with Crippen molar-refractivity contribution in [1.82, 2.24) is 0 Å². The van der Waals surface area contributed by atoms with Gasteiger partial charge in [-0.05, 0) is 48.9 Å². The van der Waals surface area contributed by atoms with Gasteiger partial charge in [0.1, 0.15) is 0 Å². The van der Waals surface area contributed by atoms with E-state index in [9.17, 15) is 8.42 Å². The predicted octanol–water partition coefficient (Wildman–Crippen LogP) is 2.87. The van der Waals surface area contributed by atoms with Gasteiger partial charge in [-0.25, -0.2) is 8.42 Å². The molecule has 2 aromatic rings. The second-order valence-electron chi connectivity index (χ2n) is 5.22. The van der Waals surface area contributed by atoms with Crippen LogP contribution in [-0.4, -0.2) is 21.7 Å². The van der Waals surface area contributed by atoms with E-state index in [-0.39, 0.29) is 6.04 Å². The topological polar surface area (TPSA) is 63.4 Å². The number of rotatable bonds is 4. The third kappa shape index (κ3) is 3.55. The van der Waals surface area contributed by atoms with Crippen LogP contribution in [0.2, 0.25) is 0 Å². The Bertz CT molecular complexity index is 724. The number of hydrogen-bond acceptors (Lipinski definition) is 4. The largest absolute Gasteiger partial charge is 0.399 e. The fourth-order valence-electron chi connectivity index (χ4n) is 2.19. The van der Waals surface area contributed by atoms with Gasteiger partial charge in [-0.15, -0.1) is 0 Å². The zero-order valence-corrected chi connectivity index (χ0v) is 13.3. The molecule has 1 unspecified atom stereocenters. The Morgan fingerprint density at radius 1 is 1.10 bits per heavy atom. The summed E-state index contributed by atoms with van der Waals surface area (Å²) in [6.45, 7) is 2.08. The van der Waals surface area contributed by atoms with E-state index in [1.165, 1.54) is 6.26 Å². The second kappa shape index (κ2) is 5.77. The number of benzene rings is 2. The maximum absolute atomic E-state index is 11.5. The van der Waals surface area contributed by atoms with Crippen LogP contribution in [0.15, 0.2) is 53.4 Å². The molecule has 2 rings (SSSR count). The fourth-order valence-corrected chi connectivity index (χ4v) is 2.83. The molecule has 5 heteroatoms. The number of anilines is 2. The molecule has 2 aromatic carbocycles. The van der Waals surface area contributed by atoms with Gasteiger partial charge in [0.25, 0.3) is 0 Å². The van der Waals surface area contributed by atoms with Gasteiger partial charge in [-0.2, -0.15) is 0 Å². The van der Waals surface area contributed by atoms with Crippen molar-refractivity contribution in [3.63, 3.8) is 0 Å². The molecule has 1 atom stereocenters. The predicted molar refractivity (Wildman–Crippen MR) is 87.2 cm³/mol. The number of nitrogens with two attached hydrogens (primary N) is 1. The van der Waals surface area contributed by atoms with Crippen molar-refractivity contribution in [3.05, 3.63) is 54.1 Å². The summed E-state index contributed by atoms with van der Waals surface area (Å²) < 4.78 is 23.0. The van der Waals surface area contributed by atoms with Gasteiger partial charge in [-0.3, -0.25) is 0 Å². The van der Waals surface area contributed by atoms with E-state index in [2.05, 4.69) is 11.8 Å². The zero-order chi connectivity index (χ0) is 15.6. The number of nitrogen functional groups attached to an aromatic ring is 1. The van der Waals surface area contributed by atoms with Gasteiger partial charge in [0, 0.05) is 24.7 Å². The van der Waals surface area contributed by atoms with Crippen molar-refractivity contribution in [3.8, 4) is 0 Å². The Labute approximate surface area is 126 Å². The molecule has 0 aliphatic rings. The van der Waals surface area contributed by atoms with Crippen LogP contribution in [0.3, 0.4) is 0 Å². The molecule has 0 aliphatic carbocycles. The Morgan fingerprint density at radius 2 is 1.71 bits per heavy atom. The normalized spacial score (nSPS) is 12.9. The monoisotopic (exact) mass is 304 g/mol. The molecule has 21 heavy (non-hydrogen) atoms. The molecule has 112 valence electrons. The molecule has 0 aliphatic heterocycles. The number of sulfone groups is 1. The smallest absolute Gasteiger partial charge is 0.175 e. The number of nitrogens with zero attached hydrogens (tertiary/aromatic N) is 1. The molecule has 0 saturated carbocycles. The highest BCUT2D eigenvalue weighted by Crippen LogP contribution is 2.27. The second-order valence-corrected chi connectivity index (χ2v) is 7.24. The average Bonchev–Trinajstić information content (AvgIpc) is 2.45. The Morgan fingerprint density at radius 3 is 2.24 bits per heavy atom. The molecule has 0 fully saturated rings. The van der Waals surface area contributed by atoms with E-state index < -0.39 is 9.84 Å². The number of hydrogen-bond donors (Lipinski definition) is 1. The molecule has 2 N–H and O–H groups in total. The molecular weight excluding hydrogens is 284 g/mol. The standard InChI is InChI=1S/C16H20N2O2S/c1-12(13-5-4-6-14(17)11-13)18(2)15-7-9-16(10-8-15)21(3,19)20/h4-12H,17H2,1-3H3. The maximum Gasteiger partial charge on any atom is 0.175 e. The summed E-state index contributed by atoms with van der Waals surface area (Å²) in [5, 5.41) is 0. The van der Waals surface area contributed by atoms with Crippen molar-refractivity contribution in [1.29, 1.82) is 0 Å². The van der Waals surface area contributed by atoms with Crippen LogP contribution in [0.5, 0.6) is 0 Å². The van der Waals surface area contributed by atoms with Crippen LogP contribution in [-0.2, 0) is 9.84 Å².